The Labute approximate surface area is 103 Å². The van der Waals surface area contributed by atoms with Gasteiger partial charge < -0.3 is 9.80 Å². The van der Waals surface area contributed by atoms with E-state index in [0.717, 1.165) is 18.7 Å². The van der Waals surface area contributed by atoms with Gasteiger partial charge in [-0.05, 0) is 51.7 Å². The molecule has 3 nitrogen and oxygen atoms in total. The second-order valence-corrected chi connectivity index (χ2v) is 4.96. The van der Waals surface area contributed by atoms with Gasteiger partial charge in [-0.25, -0.2) is 0 Å². The molecule has 0 spiro atoms. The zero-order valence-corrected chi connectivity index (χ0v) is 10.8. The van der Waals surface area contributed by atoms with Crippen molar-refractivity contribution in [1.29, 1.82) is 0 Å². The summed E-state index contributed by atoms with van der Waals surface area (Å²) in [5.41, 5.74) is 2.01. The first kappa shape index (κ1) is 12.1. The van der Waals surface area contributed by atoms with Crippen molar-refractivity contribution in [2.45, 2.75) is 19.4 Å². The van der Waals surface area contributed by atoms with Crippen LogP contribution in [0.4, 0.5) is 5.69 Å². The van der Waals surface area contributed by atoms with E-state index in [9.17, 15) is 4.79 Å². The van der Waals surface area contributed by atoms with Crippen LogP contribution in [-0.2, 0) is 0 Å². The summed E-state index contributed by atoms with van der Waals surface area (Å²) in [6.45, 7) is 3.78. The van der Waals surface area contributed by atoms with Crippen LogP contribution in [0, 0.1) is 0 Å². The minimum atomic E-state index is 0.129. The largest absolute Gasteiger partial charge is 0.370 e. The normalized spacial score (nSPS) is 20.0. The molecule has 1 aliphatic rings. The first-order chi connectivity index (χ1) is 8.08. The molecule has 17 heavy (non-hydrogen) atoms. The molecule has 1 aromatic rings. The summed E-state index contributed by atoms with van der Waals surface area (Å²) in [5, 5.41) is 0. The second kappa shape index (κ2) is 4.88. The average molecular weight is 232 g/mol. The fourth-order valence-electron chi connectivity index (χ4n) is 2.30. The fourth-order valence-corrected chi connectivity index (χ4v) is 2.30. The third kappa shape index (κ3) is 2.67. The molecule has 1 heterocycles. The molecule has 1 fully saturated rings. The minimum Gasteiger partial charge on any atom is -0.370 e. The molecule has 92 valence electrons. The predicted molar refractivity (Wildman–Crippen MR) is 70.8 cm³/mol. The zero-order valence-electron chi connectivity index (χ0n) is 10.8. The van der Waals surface area contributed by atoms with Crippen LogP contribution >= 0.6 is 0 Å². The Morgan fingerprint density at radius 2 is 1.94 bits per heavy atom. The maximum Gasteiger partial charge on any atom is 0.159 e. The summed E-state index contributed by atoms with van der Waals surface area (Å²) in [6.07, 6.45) is 1.21. The van der Waals surface area contributed by atoms with E-state index >= 15 is 0 Å². The number of ketones is 1. The van der Waals surface area contributed by atoms with Gasteiger partial charge >= 0.3 is 0 Å². The molecule has 0 aromatic heterocycles. The van der Waals surface area contributed by atoms with Gasteiger partial charge in [0.1, 0.15) is 0 Å². The van der Waals surface area contributed by atoms with Crippen LogP contribution in [0.3, 0.4) is 0 Å². The molecule has 1 aliphatic heterocycles. The van der Waals surface area contributed by atoms with Gasteiger partial charge in [-0.15, -0.1) is 0 Å². The molecular formula is C14H20N2O. The van der Waals surface area contributed by atoms with E-state index in [1.807, 2.05) is 12.1 Å². The quantitative estimate of drug-likeness (QED) is 0.745. The first-order valence-corrected chi connectivity index (χ1v) is 6.10. The molecule has 2 rings (SSSR count). The molecule has 3 heteroatoms. The highest BCUT2D eigenvalue weighted by Gasteiger charge is 2.23. The molecule has 0 N–H and O–H groups in total. The van der Waals surface area contributed by atoms with Crippen LogP contribution in [0.15, 0.2) is 24.3 Å². The topological polar surface area (TPSA) is 23.6 Å². The number of rotatable bonds is 3. The molecule has 0 saturated carbocycles. The van der Waals surface area contributed by atoms with Crippen molar-refractivity contribution in [3.8, 4) is 0 Å². The SMILES string of the molecule is CC(=O)c1ccc(N2CCC(N(C)C)C2)cc1. The van der Waals surface area contributed by atoms with Crippen molar-refractivity contribution < 1.29 is 4.79 Å². The van der Waals surface area contributed by atoms with Gasteiger partial charge in [0.15, 0.2) is 5.78 Å². The third-order valence-corrected chi connectivity index (χ3v) is 3.53. The minimum absolute atomic E-state index is 0.129. The van der Waals surface area contributed by atoms with Crippen molar-refractivity contribution in [3.63, 3.8) is 0 Å². The lowest BCUT2D eigenvalue weighted by molar-refractivity contribution is 0.101. The van der Waals surface area contributed by atoms with Crippen molar-refractivity contribution in [3.05, 3.63) is 29.8 Å². The molecule has 1 atom stereocenters. The average Bonchev–Trinajstić information content (AvgIpc) is 2.78. The molecule has 1 aromatic carbocycles. The van der Waals surface area contributed by atoms with E-state index in [2.05, 4.69) is 36.0 Å². The van der Waals surface area contributed by atoms with E-state index in [0.29, 0.717) is 6.04 Å². The number of nitrogens with zero attached hydrogens (tertiary/aromatic N) is 2. The molecule has 0 aliphatic carbocycles. The highest BCUT2D eigenvalue weighted by molar-refractivity contribution is 5.94. The van der Waals surface area contributed by atoms with Gasteiger partial charge in [0.2, 0.25) is 0 Å². The van der Waals surface area contributed by atoms with Crippen LogP contribution < -0.4 is 4.90 Å². The summed E-state index contributed by atoms with van der Waals surface area (Å²) >= 11 is 0. The Kier molecular flexibility index (Phi) is 3.48. The summed E-state index contributed by atoms with van der Waals surface area (Å²) in [7, 11) is 4.26. The molecule has 0 radical (unpaired) electrons. The van der Waals surface area contributed by atoms with E-state index in [1.54, 1.807) is 6.92 Å². The molecular weight excluding hydrogens is 212 g/mol. The number of benzene rings is 1. The Hall–Kier alpha value is -1.35. The standard InChI is InChI=1S/C14H20N2O/c1-11(17)12-4-6-13(7-5-12)16-9-8-14(10-16)15(2)3/h4-7,14H,8-10H2,1-3H3. The van der Waals surface area contributed by atoms with Crippen molar-refractivity contribution in [2.75, 3.05) is 32.1 Å². The maximum absolute atomic E-state index is 11.2. The van der Waals surface area contributed by atoms with Gasteiger partial charge in [-0.3, -0.25) is 4.79 Å². The van der Waals surface area contributed by atoms with Gasteiger partial charge in [0.25, 0.3) is 0 Å². The second-order valence-electron chi connectivity index (χ2n) is 4.96. The third-order valence-electron chi connectivity index (χ3n) is 3.53. The molecule has 1 unspecified atom stereocenters. The molecule has 0 bridgehead atoms. The summed E-state index contributed by atoms with van der Waals surface area (Å²) in [6, 6.07) is 8.58. The Bertz CT molecular complexity index is 397. The van der Waals surface area contributed by atoms with Gasteiger partial charge in [0.05, 0.1) is 0 Å². The predicted octanol–water partition coefficient (Wildman–Crippen LogP) is 2.03. The van der Waals surface area contributed by atoms with E-state index < -0.39 is 0 Å². The van der Waals surface area contributed by atoms with E-state index in [4.69, 9.17) is 0 Å². The Balaban J connectivity index is 2.06. The first-order valence-electron chi connectivity index (χ1n) is 6.10. The number of Topliss-reactive ketones (excluding diaryl/α,β-unsaturated/α-hetero) is 1. The number of carbonyl (C=O) groups is 1. The van der Waals surface area contributed by atoms with Crippen LogP contribution in [0.25, 0.3) is 0 Å². The van der Waals surface area contributed by atoms with E-state index in [-0.39, 0.29) is 5.78 Å². The van der Waals surface area contributed by atoms with Gasteiger partial charge in [-0.1, -0.05) is 0 Å². The van der Waals surface area contributed by atoms with Crippen LogP contribution in [-0.4, -0.2) is 43.9 Å². The summed E-state index contributed by atoms with van der Waals surface area (Å²) in [5.74, 6) is 0.129. The Morgan fingerprint density at radius 3 is 2.41 bits per heavy atom. The fraction of sp³-hybridized carbons (Fsp3) is 0.500. The van der Waals surface area contributed by atoms with Crippen LogP contribution in [0.2, 0.25) is 0 Å². The highest BCUT2D eigenvalue weighted by Crippen LogP contribution is 2.22. The van der Waals surface area contributed by atoms with Crippen molar-refractivity contribution in [2.24, 2.45) is 0 Å². The van der Waals surface area contributed by atoms with Crippen molar-refractivity contribution >= 4 is 11.5 Å². The van der Waals surface area contributed by atoms with E-state index in [1.165, 1.54) is 12.1 Å². The Morgan fingerprint density at radius 1 is 1.29 bits per heavy atom. The number of likely N-dealkylation sites (N-methyl/N-ethyl adjacent to an activating group) is 1. The monoisotopic (exact) mass is 232 g/mol. The summed E-state index contributed by atoms with van der Waals surface area (Å²) in [4.78, 5) is 15.9. The molecule has 0 amide bonds. The van der Waals surface area contributed by atoms with Crippen molar-refractivity contribution in [1.82, 2.24) is 4.90 Å². The van der Waals surface area contributed by atoms with Crippen LogP contribution in [0.5, 0.6) is 0 Å². The highest BCUT2D eigenvalue weighted by atomic mass is 16.1. The number of hydrogen-bond donors (Lipinski definition) is 0. The smallest absolute Gasteiger partial charge is 0.159 e. The number of anilines is 1. The van der Waals surface area contributed by atoms with Gasteiger partial charge in [0, 0.05) is 30.4 Å². The van der Waals surface area contributed by atoms with Gasteiger partial charge in [-0.2, -0.15) is 0 Å². The number of carbonyl (C=O) groups excluding carboxylic acids is 1. The lowest BCUT2D eigenvalue weighted by Crippen LogP contribution is -2.31. The lowest BCUT2D eigenvalue weighted by Gasteiger charge is -2.21. The molecule has 1 saturated heterocycles. The summed E-state index contributed by atoms with van der Waals surface area (Å²) < 4.78 is 0. The maximum atomic E-state index is 11.2. The lowest BCUT2D eigenvalue weighted by atomic mass is 10.1. The number of hydrogen-bond acceptors (Lipinski definition) is 3. The van der Waals surface area contributed by atoms with Crippen LogP contribution in [0.1, 0.15) is 23.7 Å². The zero-order chi connectivity index (χ0) is 12.4.